The Morgan fingerprint density at radius 2 is 1.10 bits per heavy atom. The number of phosphoric ester groups is 1. The number of hydrogen-bond acceptors (Lipinski definition) is 5. The van der Waals surface area contributed by atoms with E-state index in [4.69, 9.17) is 9.05 Å². The van der Waals surface area contributed by atoms with E-state index < -0.39 is 21.7 Å². The Labute approximate surface area is 237 Å². The van der Waals surface area contributed by atoms with Gasteiger partial charge >= 0.3 is 15.6 Å². The fraction of sp³-hybridized carbons (Fsp3) is 0.600. The van der Waals surface area contributed by atoms with E-state index in [1.54, 1.807) is 6.08 Å². The van der Waals surface area contributed by atoms with E-state index in [2.05, 4.69) is 36.4 Å². The molecule has 0 bridgehead atoms. The quantitative estimate of drug-likeness (QED) is 0.115. The van der Waals surface area contributed by atoms with Crippen LogP contribution in [-0.4, -0.2) is 22.5 Å². The highest BCUT2D eigenvalue weighted by atomic mass is 31.3. The second-order valence-corrected chi connectivity index (χ2v) is 13.8. The fourth-order valence-corrected chi connectivity index (χ4v) is 5.65. The van der Waals surface area contributed by atoms with Crippen LogP contribution < -0.4 is 0 Å². The third-order valence-corrected chi connectivity index (χ3v) is 8.22. The van der Waals surface area contributed by atoms with E-state index in [0.717, 1.165) is 55.2 Å². The smallest absolute Gasteiger partial charge is 0.302 e. The topological polar surface area (TPSA) is 102 Å². The maximum atomic E-state index is 13.4. The van der Waals surface area contributed by atoms with Crippen LogP contribution in [0.25, 0.3) is 0 Å². The van der Waals surface area contributed by atoms with E-state index in [1.165, 1.54) is 16.7 Å². The maximum absolute atomic E-state index is 13.4. The van der Waals surface area contributed by atoms with Gasteiger partial charge in [-0.05, 0) is 107 Å². The summed E-state index contributed by atoms with van der Waals surface area (Å²) >= 11 is 0. The molecule has 0 aliphatic rings. The van der Waals surface area contributed by atoms with Crippen LogP contribution in [0.4, 0.5) is 0 Å². The molecule has 0 aromatic rings. The second kappa shape index (κ2) is 19.7. The minimum atomic E-state index is -5.15. The van der Waals surface area contributed by atoms with Crippen LogP contribution in [-0.2, 0) is 22.5 Å². The van der Waals surface area contributed by atoms with Gasteiger partial charge in [0.2, 0.25) is 0 Å². The Bertz CT molecular complexity index is 1010. The van der Waals surface area contributed by atoms with Gasteiger partial charge in [-0.25, -0.2) is 9.13 Å². The lowest BCUT2D eigenvalue weighted by molar-refractivity contribution is 0.126. The highest BCUT2D eigenvalue weighted by Gasteiger charge is 2.37. The van der Waals surface area contributed by atoms with E-state index in [0.29, 0.717) is 6.42 Å². The zero-order valence-corrected chi connectivity index (χ0v) is 27.3. The predicted molar refractivity (Wildman–Crippen MR) is 163 cm³/mol. The average Bonchev–Trinajstić information content (AvgIpc) is 2.75. The molecular formula is C30H52O7P2. The molecule has 0 saturated heterocycles. The summed E-state index contributed by atoms with van der Waals surface area (Å²) in [5.74, 6) is 0. The molecular weight excluding hydrogens is 534 g/mol. The van der Waals surface area contributed by atoms with Crippen molar-refractivity contribution < 1.29 is 32.3 Å². The predicted octanol–water partition coefficient (Wildman–Crippen LogP) is 10.1. The zero-order valence-electron chi connectivity index (χ0n) is 25.5. The van der Waals surface area contributed by atoms with Gasteiger partial charge in [0.05, 0.1) is 12.7 Å². The molecule has 0 aromatic heterocycles. The van der Waals surface area contributed by atoms with Crippen LogP contribution in [0.1, 0.15) is 107 Å². The maximum Gasteiger partial charge on any atom is 0.484 e. The van der Waals surface area contributed by atoms with Crippen LogP contribution in [0.3, 0.4) is 0 Å². The molecule has 0 rings (SSSR count). The minimum Gasteiger partial charge on any atom is -0.302 e. The second-order valence-electron chi connectivity index (χ2n) is 10.8. The Hall–Kier alpha value is -1.30. The van der Waals surface area contributed by atoms with E-state index in [9.17, 15) is 18.9 Å². The van der Waals surface area contributed by atoms with E-state index in [-0.39, 0.29) is 6.61 Å². The third kappa shape index (κ3) is 23.1. The van der Waals surface area contributed by atoms with Gasteiger partial charge in [-0.15, -0.1) is 0 Å². The summed E-state index contributed by atoms with van der Waals surface area (Å²) in [5, 5.41) is 0. The summed E-state index contributed by atoms with van der Waals surface area (Å²) in [6.45, 7) is 18.0. The highest BCUT2D eigenvalue weighted by molar-refractivity contribution is 7.61. The van der Waals surface area contributed by atoms with Crippen molar-refractivity contribution in [2.24, 2.45) is 0 Å². The molecule has 0 amide bonds. The summed E-state index contributed by atoms with van der Waals surface area (Å²) < 4.78 is 40.8. The molecule has 7 nitrogen and oxygen atoms in total. The normalized spacial score (nSPS) is 15.4. The van der Waals surface area contributed by atoms with Crippen molar-refractivity contribution >= 4 is 15.6 Å². The van der Waals surface area contributed by atoms with Crippen LogP contribution >= 0.6 is 15.6 Å². The fourth-order valence-electron chi connectivity index (χ4n) is 3.47. The first-order chi connectivity index (χ1) is 18.0. The van der Waals surface area contributed by atoms with Crippen molar-refractivity contribution in [2.45, 2.75) is 113 Å². The van der Waals surface area contributed by atoms with Gasteiger partial charge in [-0.3, -0.25) is 9.05 Å². The first-order valence-corrected chi connectivity index (χ1v) is 16.6. The molecule has 0 aliphatic heterocycles. The number of phosphoric acid groups is 2. The molecule has 9 heteroatoms. The monoisotopic (exact) mass is 586 g/mol. The number of allylic oxidation sites excluding steroid dienone is 9. The highest BCUT2D eigenvalue weighted by Crippen LogP contribution is 2.62. The molecule has 2 unspecified atom stereocenters. The SMILES string of the molecule is CC(C)=CCC/C(C)=C/COP(=O)(OC(/C=C(\C)CCC=C(C)C)C/C=C(\C)CCC=C(C)C)OP(=O)(O)O. The summed E-state index contributed by atoms with van der Waals surface area (Å²) in [7, 11) is -9.75. The van der Waals surface area contributed by atoms with Crippen molar-refractivity contribution in [3.63, 3.8) is 0 Å². The average molecular weight is 587 g/mol. The van der Waals surface area contributed by atoms with Crippen LogP contribution in [0, 0.1) is 0 Å². The summed E-state index contributed by atoms with van der Waals surface area (Å²) in [5.41, 5.74) is 6.85. The molecule has 0 radical (unpaired) electrons. The van der Waals surface area contributed by atoms with Crippen molar-refractivity contribution in [2.75, 3.05) is 6.61 Å². The molecule has 39 heavy (non-hydrogen) atoms. The number of hydrogen-bond donors (Lipinski definition) is 2. The van der Waals surface area contributed by atoms with Gasteiger partial charge < -0.3 is 9.79 Å². The lowest BCUT2D eigenvalue weighted by Gasteiger charge is -2.22. The van der Waals surface area contributed by atoms with E-state index >= 15 is 0 Å². The zero-order chi connectivity index (χ0) is 30.1. The van der Waals surface area contributed by atoms with Crippen molar-refractivity contribution in [3.8, 4) is 0 Å². The molecule has 2 N–H and O–H groups in total. The van der Waals surface area contributed by atoms with Gasteiger partial charge in [0, 0.05) is 0 Å². The molecule has 0 aromatic carbocycles. The van der Waals surface area contributed by atoms with Gasteiger partial charge in [0.15, 0.2) is 0 Å². The molecule has 224 valence electrons. The lowest BCUT2D eigenvalue weighted by Crippen LogP contribution is -2.11. The van der Waals surface area contributed by atoms with Crippen molar-refractivity contribution in [3.05, 3.63) is 69.9 Å². The summed E-state index contributed by atoms with van der Waals surface area (Å²) in [6, 6.07) is 0. The van der Waals surface area contributed by atoms with Gasteiger partial charge in [0.1, 0.15) is 0 Å². The Kier molecular flexibility index (Phi) is 19.1. The van der Waals surface area contributed by atoms with Crippen LogP contribution in [0.15, 0.2) is 69.9 Å². The van der Waals surface area contributed by atoms with Gasteiger partial charge in [-0.1, -0.05) is 69.9 Å². The lowest BCUT2D eigenvalue weighted by atomic mass is 10.0. The third-order valence-electron chi connectivity index (χ3n) is 5.58. The molecule has 0 aliphatic carbocycles. The Morgan fingerprint density at radius 1 is 0.667 bits per heavy atom. The molecule has 0 saturated carbocycles. The van der Waals surface area contributed by atoms with Crippen molar-refractivity contribution in [1.82, 2.24) is 0 Å². The van der Waals surface area contributed by atoms with E-state index in [1.807, 2.05) is 60.6 Å². The Morgan fingerprint density at radius 3 is 1.54 bits per heavy atom. The van der Waals surface area contributed by atoms with Gasteiger partial charge in [-0.2, -0.15) is 4.31 Å². The number of rotatable bonds is 19. The standard InChI is InChI=1S/C30H52O7P2/c1-24(2)13-10-16-27(7)19-20-30(23-29(9)18-12-15-26(5)6)36-39(34,37-38(31,32)33)35-22-21-28(8)17-11-14-25(3)4/h13-15,19,21,23,30H,10-12,16-18,20,22H2,1-9H3,(H2,31,32,33)/b27-19+,28-21+,29-23+. The van der Waals surface area contributed by atoms with Crippen LogP contribution in [0.5, 0.6) is 0 Å². The van der Waals surface area contributed by atoms with Crippen LogP contribution in [0.2, 0.25) is 0 Å². The summed E-state index contributed by atoms with van der Waals surface area (Å²) in [6.07, 6.45) is 16.6. The minimum absolute atomic E-state index is 0.161. The largest absolute Gasteiger partial charge is 0.484 e. The summed E-state index contributed by atoms with van der Waals surface area (Å²) in [4.78, 5) is 18.9. The molecule has 0 spiro atoms. The molecule has 2 atom stereocenters. The first kappa shape index (κ1) is 37.7. The first-order valence-electron chi connectivity index (χ1n) is 13.6. The van der Waals surface area contributed by atoms with Gasteiger partial charge in [0.25, 0.3) is 0 Å². The van der Waals surface area contributed by atoms with Crippen molar-refractivity contribution in [1.29, 1.82) is 0 Å². The molecule has 0 heterocycles. The Balaban J connectivity index is 5.82. The molecule has 0 fully saturated rings.